The highest BCUT2D eigenvalue weighted by Gasteiger charge is 2.64. The van der Waals surface area contributed by atoms with Gasteiger partial charge < -0.3 is 0 Å². The lowest BCUT2D eigenvalue weighted by Crippen LogP contribution is -2.49. The van der Waals surface area contributed by atoms with Crippen LogP contribution in [0.2, 0.25) is 0 Å². The first kappa shape index (κ1) is 15.6. The van der Waals surface area contributed by atoms with Crippen molar-refractivity contribution >= 4 is 12.6 Å². The molecule has 2 atom stereocenters. The highest BCUT2D eigenvalue weighted by atomic mass is 32.1. The van der Waals surface area contributed by atoms with Gasteiger partial charge in [-0.1, -0.05) is 12.2 Å². The van der Waals surface area contributed by atoms with Gasteiger partial charge >= 0.3 is 12.0 Å². The Bertz CT molecular complexity index is 231. The number of halogens is 6. The van der Waals surface area contributed by atoms with Gasteiger partial charge in [-0.05, 0) is 17.4 Å². The molecule has 0 N–H and O–H groups in total. The molecule has 16 heavy (non-hydrogen) atoms. The first-order valence-electron chi connectivity index (χ1n) is 4.25. The normalized spacial score (nSPS) is 18.7. The Balaban J connectivity index is 4.42. The van der Waals surface area contributed by atoms with Gasteiger partial charge in [-0.25, -0.2) is 4.39 Å². The first-order chi connectivity index (χ1) is 7.29. The summed E-state index contributed by atoms with van der Waals surface area (Å²) < 4.78 is 72.9. The number of alkyl halides is 5. The fourth-order valence-corrected chi connectivity index (χ4v) is 1.04. The third-order valence-electron chi connectivity index (χ3n) is 1.76. The number of rotatable bonds is 6. The van der Waals surface area contributed by atoms with Crippen molar-refractivity contribution in [3.05, 3.63) is 12.2 Å². The highest BCUT2D eigenvalue weighted by Crippen LogP contribution is 2.41. The Labute approximate surface area is 93.8 Å². The standard InChI is InChI=1S/C8H10F6OS/c9-6(4-2-1-3-5-16)7(10,15-14)8(11,12)13/h1,3,6,16H,2,4-5H2. The largest absolute Gasteiger partial charge is 0.454 e. The molecule has 0 amide bonds. The SMILES string of the molecule is FOC(F)(C(F)CCC=CCS)C(F)(F)F. The lowest BCUT2D eigenvalue weighted by atomic mass is 10.1. The van der Waals surface area contributed by atoms with Crippen LogP contribution >= 0.6 is 12.6 Å². The van der Waals surface area contributed by atoms with E-state index in [9.17, 15) is 26.5 Å². The molecule has 0 saturated heterocycles. The number of thiol groups is 1. The van der Waals surface area contributed by atoms with Crippen LogP contribution in [0.25, 0.3) is 0 Å². The molecule has 0 rings (SSSR count). The molecule has 0 saturated carbocycles. The van der Waals surface area contributed by atoms with Gasteiger partial charge in [-0.3, -0.25) is 0 Å². The van der Waals surface area contributed by atoms with Crippen molar-refractivity contribution in [2.75, 3.05) is 5.75 Å². The molecule has 0 aromatic heterocycles. The van der Waals surface area contributed by atoms with Gasteiger partial charge in [0.1, 0.15) is 0 Å². The minimum atomic E-state index is -5.76. The molecule has 0 aromatic carbocycles. The van der Waals surface area contributed by atoms with Crippen molar-refractivity contribution in [1.82, 2.24) is 0 Å². The van der Waals surface area contributed by atoms with E-state index in [1.807, 2.05) is 0 Å². The summed E-state index contributed by atoms with van der Waals surface area (Å²) in [5.41, 5.74) is 0. The molecule has 0 aliphatic rings. The second-order valence-corrected chi connectivity index (χ2v) is 3.28. The van der Waals surface area contributed by atoms with Crippen molar-refractivity contribution in [2.24, 2.45) is 0 Å². The van der Waals surface area contributed by atoms with Crippen LogP contribution in [0.15, 0.2) is 12.2 Å². The van der Waals surface area contributed by atoms with Crippen LogP contribution in [0.1, 0.15) is 12.8 Å². The molecule has 0 heterocycles. The summed E-state index contributed by atoms with van der Waals surface area (Å²) in [5, 5.41) is 0. The molecular formula is C8H10F6OS. The molecule has 8 heteroatoms. The van der Waals surface area contributed by atoms with Gasteiger partial charge in [0, 0.05) is 5.75 Å². The smallest absolute Gasteiger partial charge is 0.241 e. The molecule has 96 valence electrons. The van der Waals surface area contributed by atoms with Gasteiger partial charge in [0.25, 0.3) is 0 Å². The molecule has 0 bridgehead atoms. The number of allylic oxidation sites excluding steroid dienone is 1. The Kier molecular flexibility index (Phi) is 6.24. The minimum Gasteiger partial charge on any atom is -0.241 e. The van der Waals surface area contributed by atoms with Gasteiger partial charge in [-0.2, -0.15) is 30.2 Å². The van der Waals surface area contributed by atoms with Crippen molar-refractivity contribution in [3.8, 4) is 0 Å². The topological polar surface area (TPSA) is 9.23 Å². The molecule has 0 aromatic rings. The summed E-state index contributed by atoms with van der Waals surface area (Å²) in [6, 6.07) is 0. The molecule has 0 aliphatic carbocycles. The van der Waals surface area contributed by atoms with E-state index in [0.717, 1.165) is 0 Å². The maximum atomic E-state index is 12.9. The zero-order chi connectivity index (χ0) is 12.8. The number of hydrogen-bond acceptors (Lipinski definition) is 2. The van der Waals surface area contributed by atoms with Crippen LogP contribution in [-0.4, -0.2) is 24.0 Å². The first-order valence-corrected chi connectivity index (χ1v) is 4.88. The monoisotopic (exact) mass is 268 g/mol. The van der Waals surface area contributed by atoms with Crippen molar-refractivity contribution in [3.63, 3.8) is 0 Å². The van der Waals surface area contributed by atoms with E-state index in [4.69, 9.17) is 0 Å². The zero-order valence-electron chi connectivity index (χ0n) is 7.98. The highest BCUT2D eigenvalue weighted by molar-refractivity contribution is 7.80. The molecule has 0 fully saturated rings. The van der Waals surface area contributed by atoms with Gasteiger partial charge in [0.15, 0.2) is 6.17 Å². The molecule has 1 nitrogen and oxygen atoms in total. The van der Waals surface area contributed by atoms with Gasteiger partial charge in [-0.15, -0.1) is 4.94 Å². The summed E-state index contributed by atoms with van der Waals surface area (Å²) in [6.07, 6.45) is -7.14. The average molecular weight is 268 g/mol. The van der Waals surface area contributed by atoms with E-state index < -0.39 is 24.6 Å². The van der Waals surface area contributed by atoms with E-state index >= 15 is 0 Å². The fourth-order valence-electron chi connectivity index (χ4n) is 0.890. The molecule has 0 aliphatic heterocycles. The van der Waals surface area contributed by atoms with Crippen LogP contribution < -0.4 is 0 Å². The second-order valence-electron chi connectivity index (χ2n) is 2.92. The fraction of sp³-hybridized carbons (Fsp3) is 0.750. The summed E-state index contributed by atoms with van der Waals surface area (Å²) in [5.74, 6) is -4.58. The minimum absolute atomic E-state index is 0.174. The Hall–Kier alpha value is -0.370. The Morgan fingerprint density at radius 3 is 2.12 bits per heavy atom. The lowest BCUT2D eigenvalue weighted by Gasteiger charge is -2.25. The molecule has 2 unspecified atom stereocenters. The maximum Gasteiger partial charge on any atom is 0.454 e. The van der Waals surface area contributed by atoms with E-state index in [0.29, 0.717) is 5.75 Å². The van der Waals surface area contributed by atoms with Crippen LogP contribution in [0.3, 0.4) is 0 Å². The van der Waals surface area contributed by atoms with Crippen molar-refractivity contribution in [2.45, 2.75) is 31.0 Å². The van der Waals surface area contributed by atoms with Gasteiger partial charge in [0.2, 0.25) is 0 Å². The van der Waals surface area contributed by atoms with Gasteiger partial charge in [0.05, 0.1) is 0 Å². The molecule has 0 radical (unpaired) electrons. The van der Waals surface area contributed by atoms with E-state index in [1.54, 1.807) is 0 Å². The van der Waals surface area contributed by atoms with Crippen LogP contribution in [0.5, 0.6) is 0 Å². The quantitative estimate of drug-likeness (QED) is 0.439. The van der Waals surface area contributed by atoms with Crippen LogP contribution in [-0.2, 0) is 4.94 Å². The summed E-state index contributed by atoms with van der Waals surface area (Å²) >= 11 is 3.75. The summed E-state index contributed by atoms with van der Waals surface area (Å²) in [6.45, 7) is 0. The van der Waals surface area contributed by atoms with Crippen LogP contribution in [0.4, 0.5) is 26.5 Å². The zero-order valence-corrected chi connectivity index (χ0v) is 8.87. The van der Waals surface area contributed by atoms with E-state index in [-0.39, 0.29) is 6.42 Å². The van der Waals surface area contributed by atoms with Crippen LogP contribution in [0, 0.1) is 0 Å². The third-order valence-corrected chi connectivity index (χ3v) is 1.97. The predicted molar refractivity (Wildman–Crippen MR) is 49.2 cm³/mol. The summed E-state index contributed by atoms with van der Waals surface area (Å²) in [4.78, 5) is 2.12. The van der Waals surface area contributed by atoms with Crippen molar-refractivity contribution in [1.29, 1.82) is 0 Å². The van der Waals surface area contributed by atoms with E-state index in [1.165, 1.54) is 12.2 Å². The number of hydrogen-bond donors (Lipinski definition) is 1. The maximum absolute atomic E-state index is 12.9. The predicted octanol–water partition coefficient (Wildman–Crippen LogP) is 3.72. The summed E-state index contributed by atoms with van der Waals surface area (Å²) in [7, 11) is 0. The Morgan fingerprint density at radius 2 is 1.75 bits per heavy atom. The van der Waals surface area contributed by atoms with E-state index in [2.05, 4.69) is 17.6 Å². The molecule has 0 spiro atoms. The average Bonchev–Trinajstić information content (AvgIpc) is 2.21. The Morgan fingerprint density at radius 1 is 1.19 bits per heavy atom. The lowest BCUT2D eigenvalue weighted by molar-refractivity contribution is -0.418. The van der Waals surface area contributed by atoms with Crippen molar-refractivity contribution < 1.29 is 31.4 Å². The molecular weight excluding hydrogens is 258 g/mol. The third kappa shape index (κ3) is 3.89. The second kappa shape index (κ2) is 6.39.